The SMILES string of the molecule is CC(c1ccc(CCc2ccc(N)cc2)cc1)c1ccc(CCc2ccc(N)cc2)cc1. The van der Waals surface area contributed by atoms with E-state index in [0.717, 1.165) is 37.1 Å². The molecule has 0 heterocycles. The zero-order valence-corrected chi connectivity index (χ0v) is 18.8. The van der Waals surface area contributed by atoms with E-state index in [1.165, 1.54) is 33.4 Å². The maximum absolute atomic E-state index is 5.77. The third-order valence-corrected chi connectivity index (χ3v) is 6.32. The van der Waals surface area contributed by atoms with Crippen molar-refractivity contribution in [3.63, 3.8) is 0 Å². The highest BCUT2D eigenvalue weighted by molar-refractivity contribution is 5.41. The predicted octanol–water partition coefficient (Wildman–Crippen LogP) is 6.57. The van der Waals surface area contributed by atoms with Gasteiger partial charge in [-0.3, -0.25) is 0 Å². The third kappa shape index (κ3) is 5.79. The molecule has 162 valence electrons. The van der Waals surface area contributed by atoms with Crippen molar-refractivity contribution in [2.24, 2.45) is 0 Å². The Morgan fingerprint density at radius 2 is 0.688 bits per heavy atom. The van der Waals surface area contributed by atoms with Crippen LogP contribution in [0.1, 0.15) is 46.2 Å². The van der Waals surface area contributed by atoms with Crippen molar-refractivity contribution in [2.75, 3.05) is 11.5 Å². The fourth-order valence-corrected chi connectivity index (χ4v) is 4.08. The summed E-state index contributed by atoms with van der Waals surface area (Å²) in [5.74, 6) is 0.382. The smallest absolute Gasteiger partial charge is 0.0314 e. The average Bonchev–Trinajstić information content (AvgIpc) is 2.83. The molecular weight excluding hydrogens is 388 g/mol. The molecule has 0 fully saturated rings. The Balaban J connectivity index is 1.32. The first-order chi connectivity index (χ1) is 15.6. The van der Waals surface area contributed by atoms with E-state index in [2.05, 4.69) is 79.7 Å². The molecule has 2 nitrogen and oxygen atoms in total. The fraction of sp³-hybridized carbons (Fsp3) is 0.200. The molecule has 4 rings (SSSR count). The quantitative estimate of drug-likeness (QED) is 0.317. The Bertz CT molecular complexity index is 1020. The molecule has 0 aliphatic carbocycles. The van der Waals surface area contributed by atoms with E-state index in [9.17, 15) is 0 Å². The minimum Gasteiger partial charge on any atom is -0.399 e. The van der Waals surface area contributed by atoms with Crippen molar-refractivity contribution in [2.45, 2.75) is 38.5 Å². The maximum atomic E-state index is 5.77. The Morgan fingerprint density at radius 3 is 0.969 bits per heavy atom. The van der Waals surface area contributed by atoms with Gasteiger partial charge in [0.05, 0.1) is 0 Å². The second-order valence-corrected chi connectivity index (χ2v) is 8.69. The summed E-state index contributed by atoms with van der Waals surface area (Å²) in [5.41, 5.74) is 21.3. The largest absolute Gasteiger partial charge is 0.399 e. The third-order valence-electron chi connectivity index (χ3n) is 6.32. The molecule has 0 bridgehead atoms. The summed E-state index contributed by atoms with van der Waals surface area (Å²) in [4.78, 5) is 0. The van der Waals surface area contributed by atoms with Crippen LogP contribution >= 0.6 is 0 Å². The standard InChI is InChI=1S/C30H32N2/c1-22(27-14-6-23(7-15-27)2-4-25-10-18-29(31)19-11-25)28-16-8-24(9-17-28)3-5-26-12-20-30(32)21-13-26/h6-22H,2-5,31-32H2,1H3. The predicted molar refractivity (Wildman–Crippen MR) is 137 cm³/mol. The Morgan fingerprint density at radius 1 is 0.438 bits per heavy atom. The second kappa shape index (κ2) is 10.2. The molecular formula is C30H32N2. The number of nitrogens with two attached hydrogens (primary N) is 2. The molecule has 0 spiro atoms. The van der Waals surface area contributed by atoms with E-state index >= 15 is 0 Å². The lowest BCUT2D eigenvalue weighted by atomic mass is 9.91. The van der Waals surface area contributed by atoms with Crippen LogP contribution in [-0.2, 0) is 25.7 Å². The molecule has 0 amide bonds. The summed E-state index contributed by atoms with van der Waals surface area (Å²) in [6, 6.07) is 34.5. The molecule has 0 aromatic heterocycles. The number of rotatable bonds is 8. The summed E-state index contributed by atoms with van der Waals surface area (Å²) in [6.45, 7) is 2.28. The van der Waals surface area contributed by atoms with Crippen LogP contribution < -0.4 is 11.5 Å². The lowest BCUT2D eigenvalue weighted by Gasteiger charge is -2.14. The first-order valence-corrected chi connectivity index (χ1v) is 11.4. The highest BCUT2D eigenvalue weighted by Gasteiger charge is 2.09. The lowest BCUT2D eigenvalue weighted by molar-refractivity contribution is 0.905. The normalized spacial score (nSPS) is 11.1. The van der Waals surface area contributed by atoms with E-state index in [4.69, 9.17) is 11.5 Å². The first-order valence-electron chi connectivity index (χ1n) is 11.4. The molecule has 0 unspecified atom stereocenters. The van der Waals surface area contributed by atoms with Crippen LogP contribution in [0.4, 0.5) is 11.4 Å². The van der Waals surface area contributed by atoms with Gasteiger partial charge in [-0.25, -0.2) is 0 Å². The van der Waals surface area contributed by atoms with E-state index < -0.39 is 0 Å². The zero-order valence-electron chi connectivity index (χ0n) is 18.8. The summed E-state index contributed by atoms with van der Waals surface area (Å²) in [7, 11) is 0. The van der Waals surface area contributed by atoms with Crippen molar-refractivity contribution >= 4 is 11.4 Å². The van der Waals surface area contributed by atoms with E-state index in [0.29, 0.717) is 5.92 Å². The zero-order chi connectivity index (χ0) is 22.3. The number of hydrogen-bond acceptors (Lipinski definition) is 2. The second-order valence-electron chi connectivity index (χ2n) is 8.69. The fourth-order valence-electron chi connectivity index (χ4n) is 4.08. The highest BCUT2D eigenvalue weighted by atomic mass is 14.5. The number of aryl methyl sites for hydroxylation is 4. The number of hydrogen-bond donors (Lipinski definition) is 2. The van der Waals surface area contributed by atoms with Gasteiger partial charge >= 0.3 is 0 Å². The average molecular weight is 421 g/mol. The molecule has 0 saturated carbocycles. The maximum Gasteiger partial charge on any atom is 0.0314 e. The van der Waals surface area contributed by atoms with Gasteiger partial charge in [0.2, 0.25) is 0 Å². The summed E-state index contributed by atoms with van der Waals surface area (Å²) in [5, 5.41) is 0. The van der Waals surface area contributed by atoms with E-state index in [-0.39, 0.29) is 0 Å². The topological polar surface area (TPSA) is 52.0 Å². The van der Waals surface area contributed by atoms with Crippen molar-refractivity contribution < 1.29 is 0 Å². The lowest BCUT2D eigenvalue weighted by Crippen LogP contribution is -1.98. The van der Waals surface area contributed by atoms with Gasteiger partial charge in [-0.1, -0.05) is 79.7 Å². The van der Waals surface area contributed by atoms with Gasteiger partial charge in [0, 0.05) is 17.3 Å². The van der Waals surface area contributed by atoms with Crippen molar-refractivity contribution in [3.8, 4) is 0 Å². The van der Waals surface area contributed by atoms with Crippen LogP contribution in [0, 0.1) is 0 Å². The van der Waals surface area contributed by atoms with E-state index in [1.807, 2.05) is 24.3 Å². The monoisotopic (exact) mass is 420 g/mol. The number of nitrogen functional groups attached to an aromatic ring is 2. The molecule has 4 aromatic rings. The minimum absolute atomic E-state index is 0.382. The van der Waals surface area contributed by atoms with Gasteiger partial charge < -0.3 is 11.5 Å². The summed E-state index contributed by atoms with van der Waals surface area (Å²) in [6.07, 6.45) is 4.16. The molecule has 0 saturated heterocycles. The molecule has 0 aliphatic heterocycles. The van der Waals surface area contributed by atoms with E-state index in [1.54, 1.807) is 0 Å². The molecule has 2 heteroatoms. The van der Waals surface area contributed by atoms with Crippen molar-refractivity contribution in [1.29, 1.82) is 0 Å². The van der Waals surface area contributed by atoms with Gasteiger partial charge in [-0.05, 0) is 83.3 Å². The van der Waals surface area contributed by atoms with Gasteiger partial charge in [0.25, 0.3) is 0 Å². The van der Waals surface area contributed by atoms with Crippen LogP contribution in [0.15, 0.2) is 97.1 Å². The molecule has 0 atom stereocenters. The van der Waals surface area contributed by atoms with Crippen LogP contribution in [0.3, 0.4) is 0 Å². The van der Waals surface area contributed by atoms with Crippen molar-refractivity contribution in [1.82, 2.24) is 0 Å². The van der Waals surface area contributed by atoms with Gasteiger partial charge in [0.1, 0.15) is 0 Å². The summed E-state index contributed by atoms with van der Waals surface area (Å²) < 4.78 is 0. The van der Waals surface area contributed by atoms with Gasteiger partial charge in [-0.15, -0.1) is 0 Å². The molecule has 0 aliphatic rings. The molecule has 0 radical (unpaired) electrons. The van der Waals surface area contributed by atoms with Gasteiger partial charge in [0.15, 0.2) is 0 Å². The van der Waals surface area contributed by atoms with Crippen LogP contribution in [0.25, 0.3) is 0 Å². The number of benzene rings is 4. The van der Waals surface area contributed by atoms with Crippen molar-refractivity contribution in [3.05, 3.63) is 130 Å². The Hall–Kier alpha value is -3.52. The first kappa shape index (κ1) is 21.7. The molecule has 4 N–H and O–H groups in total. The van der Waals surface area contributed by atoms with Crippen LogP contribution in [-0.4, -0.2) is 0 Å². The minimum atomic E-state index is 0.382. The van der Waals surface area contributed by atoms with Crippen LogP contribution in [0.2, 0.25) is 0 Å². The molecule has 32 heavy (non-hydrogen) atoms. The molecule has 4 aromatic carbocycles. The number of anilines is 2. The summed E-state index contributed by atoms with van der Waals surface area (Å²) >= 11 is 0. The highest BCUT2D eigenvalue weighted by Crippen LogP contribution is 2.25. The Labute approximate surface area is 191 Å². The van der Waals surface area contributed by atoms with Crippen LogP contribution in [0.5, 0.6) is 0 Å². The Kier molecular flexibility index (Phi) is 6.91. The van der Waals surface area contributed by atoms with Gasteiger partial charge in [-0.2, -0.15) is 0 Å².